The fourth-order valence-electron chi connectivity index (χ4n) is 4.25. The molecule has 0 radical (unpaired) electrons. The van der Waals surface area contributed by atoms with E-state index in [4.69, 9.17) is 27.9 Å². The minimum atomic E-state index is -0.517. The van der Waals surface area contributed by atoms with Crippen molar-refractivity contribution in [1.29, 1.82) is 0 Å². The third kappa shape index (κ3) is 3.78. The number of carbonyl (C=O) groups excluding carboxylic acids is 1. The Morgan fingerprint density at radius 1 is 1.15 bits per heavy atom. The lowest BCUT2D eigenvalue weighted by Crippen LogP contribution is -2.34. The highest BCUT2D eigenvalue weighted by atomic mass is 35.5. The highest BCUT2D eigenvalue weighted by Gasteiger charge is 2.43. The molecule has 1 fully saturated rings. The monoisotopic (exact) mass is 407 g/mol. The predicted octanol–water partition coefficient (Wildman–Crippen LogP) is 5.98. The molecule has 1 spiro atoms. The third-order valence-corrected chi connectivity index (χ3v) is 6.23. The van der Waals surface area contributed by atoms with E-state index >= 15 is 0 Å². The number of carbonyl (C=O) groups is 1. The molecule has 1 amide bonds. The Hall–Kier alpha value is -1.78. The van der Waals surface area contributed by atoms with Crippen LogP contribution in [0.4, 0.5) is 10.1 Å². The maximum absolute atomic E-state index is 13.8. The number of hydrogen-bond acceptors (Lipinski definition) is 2. The van der Waals surface area contributed by atoms with E-state index in [1.165, 1.54) is 17.7 Å². The van der Waals surface area contributed by atoms with Crippen molar-refractivity contribution in [2.45, 2.75) is 37.5 Å². The van der Waals surface area contributed by atoms with Gasteiger partial charge in [-0.05, 0) is 61.9 Å². The van der Waals surface area contributed by atoms with Crippen LogP contribution >= 0.6 is 23.2 Å². The van der Waals surface area contributed by atoms with Crippen LogP contribution in [0, 0.1) is 11.7 Å². The molecule has 0 saturated heterocycles. The summed E-state index contributed by atoms with van der Waals surface area (Å²) in [6, 6.07) is 10.1. The van der Waals surface area contributed by atoms with Crippen molar-refractivity contribution in [3.05, 3.63) is 57.8 Å². The Bertz CT molecular complexity index is 878. The topological polar surface area (TPSA) is 38.3 Å². The summed E-state index contributed by atoms with van der Waals surface area (Å²) in [5.74, 6) is 0.503. The zero-order valence-electron chi connectivity index (χ0n) is 14.7. The summed E-state index contributed by atoms with van der Waals surface area (Å²) in [7, 11) is 0. The molecule has 2 aliphatic rings. The van der Waals surface area contributed by atoms with Crippen molar-refractivity contribution < 1.29 is 13.9 Å². The first kappa shape index (κ1) is 18.6. The molecule has 27 heavy (non-hydrogen) atoms. The summed E-state index contributed by atoms with van der Waals surface area (Å²) < 4.78 is 19.7. The van der Waals surface area contributed by atoms with Gasteiger partial charge in [-0.1, -0.05) is 29.3 Å². The molecule has 0 atom stereocenters. The average Bonchev–Trinajstić information content (AvgIpc) is 2.97. The van der Waals surface area contributed by atoms with Crippen molar-refractivity contribution in [2.75, 3.05) is 11.9 Å². The Kier molecular flexibility index (Phi) is 5.04. The number of anilines is 1. The van der Waals surface area contributed by atoms with Crippen molar-refractivity contribution >= 4 is 34.8 Å². The lowest BCUT2D eigenvalue weighted by atomic mass is 9.67. The molecule has 142 valence electrons. The van der Waals surface area contributed by atoms with Gasteiger partial charge in [-0.25, -0.2) is 4.39 Å². The standard InChI is InChI=1S/C21H20Cl2FNO2/c22-14-2-4-18(17(24)10-14)25-20(26)9-13-5-7-21(8-6-13)12-27-19-11-15(23)1-3-16(19)21/h1-4,10-11,13H,5-9,12H2,(H,25,26)/t13-,21-. The Labute approximate surface area is 167 Å². The molecule has 0 unspecified atom stereocenters. The molecule has 6 heteroatoms. The fraction of sp³-hybridized carbons (Fsp3) is 0.381. The Morgan fingerprint density at radius 3 is 2.59 bits per heavy atom. The molecule has 3 nitrogen and oxygen atoms in total. The average molecular weight is 408 g/mol. The lowest BCUT2D eigenvalue weighted by Gasteiger charge is -2.36. The van der Waals surface area contributed by atoms with Crippen LogP contribution < -0.4 is 10.1 Å². The van der Waals surface area contributed by atoms with E-state index in [9.17, 15) is 9.18 Å². The molecule has 4 rings (SSSR count). The van der Waals surface area contributed by atoms with Crippen molar-refractivity contribution in [3.63, 3.8) is 0 Å². The van der Waals surface area contributed by atoms with E-state index in [2.05, 4.69) is 11.4 Å². The van der Waals surface area contributed by atoms with Crippen LogP contribution in [0.25, 0.3) is 0 Å². The van der Waals surface area contributed by atoms with Crippen LogP contribution in [0.2, 0.25) is 10.0 Å². The molecule has 1 saturated carbocycles. The first-order valence-electron chi connectivity index (χ1n) is 9.13. The SMILES string of the molecule is O=C(C[C@H]1CC[C@]2(CC1)COc1cc(Cl)ccc12)Nc1ccc(Cl)cc1F. The zero-order valence-corrected chi connectivity index (χ0v) is 16.2. The fourth-order valence-corrected chi connectivity index (χ4v) is 4.57. The van der Waals surface area contributed by atoms with E-state index in [1.54, 1.807) is 6.07 Å². The summed E-state index contributed by atoms with van der Waals surface area (Å²) in [4.78, 5) is 12.3. The van der Waals surface area contributed by atoms with Gasteiger partial charge < -0.3 is 10.1 Å². The van der Waals surface area contributed by atoms with Gasteiger partial charge in [0, 0.05) is 27.4 Å². The van der Waals surface area contributed by atoms with Gasteiger partial charge in [-0.3, -0.25) is 4.79 Å². The number of amides is 1. The molecule has 1 N–H and O–H groups in total. The van der Waals surface area contributed by atoms with Crippen LogP contribution in [0.15, 0.2) is 36.4 Å². The number of fused-ring (bicyclic) bond motifs is 2. The molecule has 1 aliphatic heterocycles. The lowest BCUT2D eigenvalue weighted by molar-refractivity contribution is -0.117. The summed E-state index contributed by atoms with van der Waals surface area (Å²) in [5, 5.41) is 3.65. The smallest absolute Gasteiger partial charge is 0.224 e. The van der Waals surface area contributed by atoms with E-state index in [1.807, 2.05) is 12.1 Å². The second-order valence-electron chi connectivity index (χ2n) is 7.53. The molecule has 2 aromatic carbocycles. The molecule has 0 aromatic heterocycles. The van der Waals surface area contributed by atoms with Crippen molar-refractivity contribution in [2.24, 2.45) is 5.92 Å². The molecular formula is C21H20Cl2FNO2. The molecule has 1 heterocycles. The van der Waals surface area contributed by atoms with E-state index in [-0.39, 0.29) is 17.0 Å². The minimum Gasteiger partial charge on any atom is -0.492 e. The molecule has 0 bridgehead atoms. The van der Waals surface area contributed by atoms with Gasteiger partial charge in [0.1, 0.15) is 11.6 Å². The number of halogens is 3. The third-order valence-electron chi connectivity index (χ3n) is 5.76. The molecular weight excluding hydrogens is 388 g/mol. The summed E-state index contributed by atoms with van der Waals surface area (Å²) >= 11 is 11.8. The maximum atomic E-state index is 13.8. The van der Waals surface area contributed by atoms with Gasteiger partial charge in [0.05, 0.1) is 12.3 Å². The van der Waals surface area contributed by atoms with Crippen LogP contribution in [0.1, 0.15) is 37.7 Å². The highest BCUT2D eigenvalue weighted by Crippen LogP contribution is 2.50. The largest absolute Gasteiger partial charge is 0.492 e. The second kappa shape index (κ2) is 7.33. The molecule has 2 aromatic rings. The van der Waals surface area contributed by atoms with E-state index < -0.39 is 5.82 Å². The van der Waals surface area contributed by atoms with Gasteiger partial charge in [0.25, 0.3) is 0 Å². The van der Waals surface area contributed by atoms with E-state index in [0.29, 0.717) is 29.0 Å². The summed E-state index contributed by atoms with van der Waals surface area (Å²) in [6.45, 7) is 0.678. The normalized spacial score (nSPS) is 23.7. The molecule has 1 aliphatic carbocycles. The van der Waals surface area contributed by atoms with Gasteiger partial charge >= 0.3 is 0 Å². The maximum Gasteiger partial charge on any atom is 0.224 e. The van der Waals surface area contributed by atoms with Gasteiger partial charge in [0.2, 0.25) is 5.91 Å². The number of nitrogens with one attached hydrogen (secondary N) is 1. The van der Waals surface area contributed by atoms with Crippen LogP contribution in [-0.4, -0.2) is 12.5 Å². The highest BCUT2D eigenvalue weighted by molar-refractivity contribution is 6.31. The van der Waals surface area contributed by atoms with Crippen LogP contribution in [-0.2, 0) is 10.2 Å². The van der Waals surface area contributed by atoms with E-state index in [0.717, 1.165) is 31.4 Å². The number of hydrogen-bond donors (Lipinski definition) is 1. The predicted molar refractivity (Wildman–Crippen MR) is 105 cm³/mol. The van der Waals surface area contributed by atoms with Gasteiger partial charge in [-0.2, -0.15) is 0 Å². The van der Waals surface area contributed by atoms with Gasteiger partial charge in [0.15, 0.2) is 0 Å². The number of rotatable bonds is 3. The summed E-state index contributed by atoms with van der Waals surface area (Å²) in [5.41, 5.74) is 1.44. The Morgan fingerprint density at radius 2 is 1.85 bits per heavy atom. The number of benzene rings is 2. The van der Waals surface area contributed by atoms with Gasteiger partial charge in [-0.15, -0.1) is 0 Å². The zero-order chi connectivity index (χ0) is 19.0. The first-order chi connectivity index (χ1) is 12.9. The first-order valence-corrected chi connectivity index (χ1v) is 9.88. The number of ether oxygens (including phenoxy) is 1. The van der Waals surface area contributed by atoms with Crippen LogP contribution in [0.5, 0.6) is 5.75 Å². The second-order valence-corrected chi connectivity index (χ2v) is 8.40. The van der Waals surface area contributed by atoms with Crippen molar-refractivity contribution in [1.82, 2.24) is 0 Å². The minimum absolute atomic E-state index is 0.0369. The quantitative estimate of drug-likeness (QED) is 0.678. The van der Waals surface area contributed by atoms with Crippen molar-refractivity contribution in [3.8, 4) is 5.75 Å². The van der Waals surface area contributed by atoms with Crippen LogP contribution in [0.3, 0.4) is 0 Å². The Balaban J connectivity index is 1.36. The summed E-state index contributed by atoms with van der Waals surface area (Å²) in [6.07, 6.45) is 4.25.